The minimum atomic E-state index is 1.13. The van der Waals surface area contributed by atoms with E-state index in [4.69, 9.17) is 0 Å². The van der Waals surface area contributed by atoms with Gasteiger partial charge in [0.15, 0.2) is 0 Å². The van der Waals surface area contributed by atoms with Gasteiger partial charge in [0.1, 0.15) is 0 Å². The highest BCUT2D eigenvalue weighted by atomic mass is 79.9. The molecule has 2 heteroatoms. The highest BCUT2D eigenvalue weighted by molar-refractivity contribution is 9.10. The summed E-state index contributed by atoms with van der Waals surface area (Å²) in [5, 5.41) is 0. The average Bonchev–Trinajstić information content (AvgIpc) is 2.52. The molecule has 0 radical (unpaired) electrons. The van der Waals surface area contributed by atoms with E-state index < -0.39 is 0 Å². The van der Waals surface area contributed by atoms with Crippen LogP contribution in [0.1, 0.15) is 51.0 Å². The van der Waals surface area contributed by atoms with Crippen LogP contribution in [-0.4, -0.2) is 0 Å². The van der Waals surface area contributed by atoms with E-state index in [1.807, 2.05) is 0 Å². The lowest BCUT2D eigenvalue weighted by atomic mass is 9.95. The molecule has 0 aliphatic rings. The van der Waals surface area contributed by atoms with E-state index >= 15 is 0 Å². The first kappa shape index (κ1) is 17.7. The Bertz CT molecular complexity index is 573. The molecule has 0 amide bonds. The second-order valence-corrected chi connectivity index (χ2v) is 7.66. The quantitative estimate of drug-likeness (QED) is 0.380. The van der Waals surface area contributed by atoms with Crippen molar-refractivity contribution in [3.8, 4) is 11.1 Å². The first-order chi connectivity index (χ1) is 10.7. The van der Waals surface area contributed by atoms with Gasteiger partial charge < -0.3 is 0 Å². The van der Waals surface area contributed by atoms with Crippen LogP contribution in [0.25, 0.3) is 11.1 Å². The monoisotopic (exact) mass is 422 g/mol. The summed E-state index contributed by atoms with van der Waals surface area (Å²) >= 11 is 7.13. The summed E-state index contributed by atoms with van der Waals surface area (Å²) in [6.45, 7) is 2.27. The lowest BCUT2D eigenvalue weighted by Crippen LogP contribution is -1.91. The molecule has 2 aromatic carbocycles. The Labute approximate surface area is 151 Å². The van der Waals surface area contributed by atoms with Crippen LogP contribution in [0.4, 0.5) is 0 Å². The number of hydrogen-bond donors (Lipinski definition) is 0. The molecule has 0 bridgehead atoms. The topological polar surface area (TPSA) is 0 Å². The van der Waals surface area contributed by atoms with Gasteiger partial charge >= 0.3 is 0 Å². The zero-order valence-corrected chi connectivity index (χ0v) is 16.4. The van der Waals surface area contributed by atoms with Crippen LogP contribution in [-0.2, 0) is 6.42 Å². The Morgan fingerprint density at radius 2 is 1.36 bits per heavy atom. The van der Waals surface area contributed by atoms with Gasteiger partial charge in [-0.25, -0.2) is 0 Å². The Kier molecular flexibility index (Phi) is 7.68. The van der Waals surface area contributed by atoms with Gasteiger partial charge in [0.05, 0.1) is 0 Å². The molecule has 0 aliphatic heterocycles. The van der Waals surface area contributed by atoms with Crippen molar-refractivity contribution < 1.29 is 0 Å². The van der Waals surface area contributed by atoms with Crippen LogP contribution in [0.2, 0.25) is 0 Å². The molecule has 0 aromatic heterocycles. The van der Waals surface area contributed by atoms with Crippen molar-refractivity contribution in [1.82, 2.24) is 0 Å². The fourth-order valence-corrected chi connectivity index (χ4v) is 3.45. The highest BCUT2D eigenvalue weighted by Gasteiger charge is 2.06. The minimum Gasteiger partial charge on any atom is -0.0654 e. The summed E-state index contributed by atoms with van der Waals surface area (Å²) in [5.41, 5.74) is 4.12. The van der Waals surface area contributed by atoms with E-state index in [9.17, 15) is 0 Å². The van der Waals surface area contributed by atoms with Gasteiger partial charge in [0.2, 0.25) is 0 Å². The van der Waals surface area contributed by atoms with Crippen molar-refractivity contribution in [1.29, 1.82) is 0 Å². The van der Waals surface area contributed by atoms with Crippen LogP contribution in [0, 0.1) is 0 Å². The van der Waals surface area contributed by atoms with E-state index in [2.05, 4.69) is 81.2 Å². The molecule has 0 aliphatic carbocycles. The molecule has 0 N–H and O–H groups in total. The molecule has 0 saturated heterocycles. The van der Waals surface area contributed by atoms with Crippen molar-refractivity contribution in [2.75, 3.05) is 0 Å². The van der Waals surface area contributed by atoms with Gasteiger partial charge in [0.25, 0.3) is 0 Å². The van der Waals surface area contributed by atoms with E-state index in [0.717, 1.165) is 10.9 Å². The summed E-state index contributed by atoms with van der Waals surface area (Å²) < 4.78 is 2.31. The number of halogens is 2. The molecule has 0 heterocycles. The van der Waals surface area contributed by atoms with Crippen molar-refractivity contribution >= 4 is 31.9 Å². The van der Waals surface area contributed by atoms with Crippen LogP contribution < -0.4 is 0 Å². The second-order valence-electron chi connectivity index (χ2n) is 5.83. The maximum atomic E-state index is 3.62. The largest absolute Gasteiger partial charge is 0.0654 e. The fraction of sp³-hybridized carbons (Fsp3) is 0.400. The number of rotatable bonds is 8. The molecule has 0 fully saturated rings. The third-order valence-corrected chi connectivity index (χ3v) is 5.04. The Balaban J connectivity index is 2.03. The summed E-state index contributed by atoms with van der Waals surface area (Å²) in [6.07, 6.45) is 9.23. The Morgan fingerprint density at radius 1 is 0.727 bits per heavy atom. The first-order valence-corrected chi connectivity index (χ1v) is 9.83. The molecule has 2 aromatic rings. The molecule has 0 nitrogen and oxygen atoms in total. The molecule has 2 rings (SSSR count). The summed E-state index contributed by atoms with van der Waals surface area (Å²) in [7, 11) is 0. The molecule has 0 atom stereocenters. The molecule has 22 heavy (non-hydrogen) atoms. The van der Waals surface area contributed by atoms with Crippen LogP contribution >= 0.6 is 31.9 Å². The van der Waals surface area contributed by atoms with Gasteiger partial charge in [0, 0.05) is 8.95 Å². The number of aryl methyl sites for hydroxylation is 1. The third kappa shape index (κ3) is 5.55. The first-order valence-electron chi connectivity index (χ1n) is 8.25. The summed E-state index contributed by atoms with van der Waals surface area (Å²) in [5.74, 6) is 0. The van der Waals surface area contributed by atoms with Crippen LogP contribution in [0.5, 0.6) is 0 Å². The highest BCUT2D eigenvalue weighted by Crippen LogP contribution is 2.29. The summed E-state index contributed by atoms with van der Waals surface area (Å²) in [4.78, 5) is 0. The van der Waals surface area contributed by atoms with Crippen molar-refractivity contribution in [3.05, 3.63) is 57.0 Å². The predicted molar refractivity (Wildman–Crippen MR) is 104 cm³/mol. The minimum absolute atomic E-state index is 1.13. The van der Waals surface area contributed by atoms with Gasteiger partial charge in [-0.3, -0.25) is 0 Å². The zero-order valence-electron chi connectivity index (χ0n) is 13.2. The van der Waals surface area contributed by atoms with Gasteiger partial charge in [-0.2, -0.15) is 0 Å². The van der Waals surface area contributed by atoms with Crippen molar-refractivity contribution in [3.63, 3.8) is 0 Å². The smallest absolute Gasteiger partial charge is 0.0178 e. The van der Waals surface area contributed by atoms with Gasteiger partial charge in [-0.1, -0.05) is 89.1 Å². The van der Waals surface area contributed by atoms with E-state index in [0.29, 0.717) is 0 Å². The van der Waals surface area contributed by atoms with Crippen molar-refractivity contribution in [2.45, 2.75) is 51.9 Å². The second kappa shape index (κ2) is 9.52. The Morgan fingerprint density at radius 3 is 2.09 bits per heavy atom. The Hall–Kier alpha value is -0.600. The SMILES string of the molecule is CCCCCCCCc1cc(Br)ccc1-c1ccc(Br)cc1. The third-order valence-electron chi connectivity index (χ3n) is 4.02. The summed E-state index contributed by atoms with van der Waals surface area (Å²) in [6, 6.07) is 15.3. The van der Waals surface area contributed by atoms with Crippen molar-refractivity contribution in [2.24, 2.45) is 0 Å². The van der Waals surface area contributed by atoms with E-state index in [1.54, 1.807) is 0 Å². The molecule has 118 valence electrons. The molecule has 0 spiro atoms. The standard InChI is InChI=1S/C20H24Br2/c1-2-3-4-5-6-7-8-17-15-19(22)13-14-20(17)16-9-11-18(21)12-10-16/h9-15H,2-8H2,1H3. The molecule has 0 saturated carbocycles. The van der Waals surface area contributed by atoms with Crippen LogP contribution in [0.15, 0.2) is 51.4 Å². The maximum Gasteiger partial charge on any atom is 0.0178 e. The average molecular weight is 424 g/mol. The normalized spacial score (nSPS) is 10.9. The molecule has 0 unspecified atom stereocenters. The van der Waals surface area contributed by atoms with E-state index in [1.165, 1.54) is 59.7 Å². The number of benzene rings is 2. The predicted octanol–water partition coefficient (Wildman–Crippen LogP) is 7.78. The molecular weight excluding hydrogens is 400 g/mol. The number of unbranched alkanes of at least 4 members (excludes halogenated alkanes) is 5. The lowest BCUT2D eigenvalue weighted by molar-refractivity contribution is 0.608. The van der Waals surface area contributed by atoms with Gasteiger partial charge in [-0.15, -0.1) is 0 Å². The van der Waals surface area contributed by atoms with Crippen LogP contribution in [0.3, 0.4) is 0 Å². The van der Waals surface area contributed by atoms with E-state index in [-0.39, 0.29) is 0 Å². The number of hydrogen-bond acceptors (Lipinski definition) is 0. The van der Waals surface area contributed by atoms with Gasteiger partial charge in [-0.05, 0) is 53.8 Å². The maximum absolute atomic E-state index is 3.62. The zero-order chi connectivity index (χ0) is 15.8. The molecular formula is C20H24Br2. The fourth-order valence-electron chi connectivity index (χ4n) is 2.78. The lowest BCUT2D eigenvalue weighted by Gasteiger charge is -2.11.